The zero-order valence-electron chi connectivity index (χ0n) is 24.7. The molecule has 1 saturated heterocycles. The van der Waals surface area contributed by atoms with E-state index in [2.05, 4.69) is 13.0 Å². The number of fused-ring (bicyclic) bond motifs is 3. The van der Waals surface area contributed by atoms with Crippen LogP contribution < -0.4 is 4.90 Å². The predicted octanol–water partition coefficient (Wildman–Crippen LogP) is 6.69. The highest BCUT2D eigenvalue weighted by atomic mass is 32.2. The Morgan fingerprint density at radius 2 is 1.47 bits per heavy atom. The predicted molar refractivity (Wildman–Crippen MR) is 179 cm³/mol. The summed E-state index contributed by atoms with van der Waals surface area (Å²) in [5.74, 6) is -1.06. The first-order valence-corrected chi connectivity index (χ1v) is 17.7. The molecule has 0 atom stereocenters. The van der Waals surface area contributed by atoms with Gasteiger partial charge in [-0.3, -0.25) is 23.9 Å². The number of benzene rings is 2. The van der Waals surface area contributed by atoms with Gasteiger partial charge in [0.2, 0.25) is 0 Å². The van der Waals surface area contributed by atoms with E-state index in [1.165, 1.54) is 0 Å². The molecule has 1 N–H and O–H groups in total. The summed E-state index contributed by atoms with van der Waals surface area (Å²) in [6, 6.07) is 12.1. The largest absolute Gasteiger partial charge is 0.335 e. The van der Waals surface area contributed by atoms with Crippen molar-refractivity contribution in [2.24, 2.45) is 0 Å². The first-order valence-electron chi connectivity index (χ1n) is 14.8. The molecule has 11 heteroatoms. The lowest BCUT2D eigenvalue weighted by molar-refractivity contribution is -0.133. The van der Waals surface area contributed by atoms with Gasteiger partial charge in [-0.25, -0.2) is 0 Å². The van der Waals surface area contributed by atoms with Crippen molar-refractivity contribution in [3.63, 3.8) is 0 Å². The number of allylic oxidation sites excluding steroid dienone is 4. The molecule has 0 spiro atoms. The van der Waals surface area contributed by atoms with E-state index >= 15 is 0 Å². The third-order valence-electron chi connectivity index (χ3n) is 7.40. The fourth-order valence-electron chi connectivity index (χ4n) is 5.13. The smallest absolute Gasteiger partial charge is 0.265 e. The van der Waals surface area contributed by atoms with E-state index in [0.29, 0.717) is 19.6 Å². The zero-order valence-corrected chi connectivity index (χ0v) is 27.1. The van der Waals surface area contributed by atoms with Crippen molar-refractivity contribution >= 4 is 67.5 Å². The summed E-state index contributed by atoms with van der Waals surface area (Å²) in [5, 5.41) is 3.36. The zero-order chi connectivity index (χ0) is 31.0. The SMILES string of the molecule is CCCCCCN1C(=O)C(=CC=CC=C2Sc3c(ccc4ccccc34)N2CCCS(=O)(=O)O)C(=O)N(CCCC)C1=S. The van der Waals surface area contributed by atoms with Crippen molar-refractivity contribution in [1.29, 1.82) is 0 Å². The molecule has 0 unspecified atom stereocenters. The Kier molecular flexibility index (Phi) is 11.6. The number of rotatable bonds is 14. The summed E-state index contributed by atoms with van der Waals surface area (Å²) in [7, 11) is -4.07. The van der Waals surface area contributed by atoms with Crippen LogP contribution in [0.4, 0.5) is 5.69 Å². The molecule has 0 aromatic heterocycles. The van der Waals surface area contributed by atoms with Crippen molar-refractivity contribution in [1.82, 2.24) is 9.80 Å². The number of thioether (sulfide) groups is 1. The van der Waals surface area contributed by atoms with Gasteiger partial charge in [-0.05, 0) is 60.5 Å². The third kappa shape index (κ3) is 8.14. The van der Waals surface area contributed by atoms with Crippen molar-refractivity contribution in [3.8, 4) is 0 Å². The molecule has 2 aliphatic heterocycles. The number of thiocarbonyl (C=S) groups is 1. The summed E-state index contributed by atoms with van der Waals surface area (Å²) in [4.78, 5) is 32.9. The van der Waals surface area contributed by atoms with Crippen LogP contribution in [0.1, 0.15) is 58.8 Å². The van der Waals surface area contributed by atoms with Crippen LogP contribution >= 0.6 is 24.0 Å². The molecule has 0 saturated carbocycles. The van der Waals surface area contributed by atoms with Crippen molar-refractivity contribution < 1.29 is 22.6 Å². The molecule has 2 aromatic rings. The standard InChI is InChI=1S/C32H39N3O5S3/c1-3-5-7-12-21-35-31(37)26(30(36)34(32(35)41)20-6-4-2)16-10-11-17-28-33(22-13-23-43(38,39)40)27-19-18-24-14-8-9-15-25(24)29(27)42-28/h8-11,14-19H,3-7,12-13,20-23H2,1-2H3,(H,38,39,40). The van der Waals surface area contributed by atoms with Crippen LogP contribution in [-0.2, 0) is 19.7 Å². The molecule has 0 aliphatic carbocycles. The average Bonchev–Trinajstić information content (AvgIpc) is 3.33. The Morgan fingerprint density at radius 3 is 2.16 bits per heavy atom. The van der Waals surface area contributed by atoms with E-state index in [1.807, 2.05) is 48.2 Å². The second-order valence-electron chi connectivity index (χ2n) is 10.6. The first-order chi connectivity index (χ1) is 20.7. The van der Waals surface area contributed by atoms with Crippen LogP contribution in [0, 0.1) is 0 Å². The number of amides is 2. The molecule has 2 aliphatic rings. The highest BCUT2D eigenvalue weighted by molar-refractivity contribution is 8.04. The number of carbonyl (C=O) groups excluding carboxylic acids is 2. The van der Waals surface area contributed by atoms with Gasteiger partial charge in [0.1, 0.15) is 5.57 Å². The maximum absolute atomic E-state index is 13.4. The number of carbonyl (C=O) groups is 2. The molecule has 2 heterocycles. The van der Waals surface area contributed by atoms with Gasteiger partial charge in [0, 0.05) is 24.5 Å². The van der Waals surface area contributed by atoms with Gasteiger partial charge in [0.05, 0.1) is 16.5 Å². The normalized spacial score (nSPS) is 17.8. The molecule has 2 amide bonds. The summed E-state index contributed by atoms with van der Waals surface area (Å²) in [5.41, 5.74) is 1.06. The number of unbranched alkanes of at least 4 members (excludes halogenated alkanes) is 4. The van der Waals surface area contributed by atoms with Gasteiger partial charge < -0.3 is 4.90 Å². The lowest BCUT2D eigenvalue weighted by atomic mass is 10.1. The van der Waals surface area contributed by atoms with Crippen LogP contribution in [-0.4, -0.2) is 65.1 Å². The third-order valence-corrected chi connectivity index (χ3v) is 9.85. The van der Waals surface area contributed by atoms with Crippen LogP contribution in [0.15, 0.2) is 76.2 Å². The Balaban J connectivity index is 1.59. The number of hydrogen-bond acceptors (Lipinski definition) is 7. The van der Waals surface area contributed by atoms with Crippen LogP contribution in [0.25, 0.3) is 10.8 Å². The van der Waals surface area contributed by atoms with Gasteiger partial charge in [-0.15, -0.1) is 0 Å². The van der Waals surface area contributed by atoms with Gasteiger partial charge in [-0.1, -0.05) is 93.8 Å². The van der Waals surface area contributed by atoms with E-state index in [-0.39, 0.29) is 34.7 Å². The molecule has 1 fully saturated rings. The van der Waals surface area contributed by atoms with E-state index in [0.717, 1.165) is 64.9 Å². The summed E-state index contributed by atoms with van der Waals surface area (Å²) in [6.45, 7) is 5.53. The maximum Gasteiger partial charge on any atom is 0.265 e. The molecule has 0 radical (unpaired) electrons. The van der Waals surface area contributed by atoms with Crippen molar-refractivity contribution in [2.75, 3.05) is 30.3 Å². The average molecular weight is 642 g/mol. The van der Waals surface area contributed by atoms with Gasteiger partial charge in [-0.2, -0.15) is 8.42 Å². The van der Waals surface area contributed by atoms with Gasteiger partial charge in [0.25, 0.3) is 21.9 Å². The van der Waals surface area contributed by atoms with Gasteiger partial charge >= 0.3 is 0 Å². The Bertz CT molecular complexity index is 1570. The monoisotopic (exact) mass is 641 g/mol. The molecule has 8 nitrogen and oxygen atoms in total. The summed E-state index contributed by atoms with van der Waals surface area (Å²) in [6.07, 6.45) is 12.9. The number of anilines is 1. The van der Waals surface area contributed by atoms with Gasteiger partial charge in [0.15, 0.2) is 5.11 Å². The minimum atomic E-state index is -4.07. The van der Waals surface area contributed by atoms with E-state index < -0.39 is 10.1 Å². The van der Waals surface area contributed by atoms with E-state index in [9.17, 15) is 22.6 Å². The molecule has 230 valence electrons. The minimum absolute atomic E-state index is 0.0909. The Labute approximate surface area is 264 Å². The fourth-order valence-corrected chi connectivity index (χ4v) is 7.21. The lowest BCUT2D eigenvalue weighted by Crippen LogP contribution is -2.56. The molecule has 0 bridgehead atoms. The highest BCUT2D eigenvalue weighted by Crippen LogP contribution is 2.49. The fraction of sp³-hybridized carbons (Fsp3) is 0.406. The second kappa shape index (κ2) is 15.1. The number of nitrogens with zero attached hydrogens (tertiary/aromatic N) is 3. The quantitative estimate of drug-likeness (QED) is 0.0801. The van der Waals surface area contributed by atoms with Crippen molar-refractivity contribution in [2.45, 2.75) is 63.7 Å². The maximum atomic E-state index is 13.4. The summed E-state index contributed by atoms with van der Waals surface area (Å²) < 4.78 is 32.0. The van der Waals surface area contributed by atoms with Crippen LogP contribution in [0.2, 0.25) is 0 Å². The molecule has 43 heavy (non-hydrogen) atoms. The number of hydrogen-bond donors (Lipinski definition) is 1. The molecular formula is C32H39N3O5S3. The molecular weight excluding hydrogens is 603 g/mol. The first kappa shape index (κ1) is 32.9. The summed E-state index contributed by atoms with van der Waals surface area (Å²) >= 11 is 7.17. The highest BCUT2D eigenvalue weighted by Gasteiger charge is 2.38. The topological polar surface area (TPSA) is 98.2 Å². The van der Waals surface area contributed by atoms with Crippen molar-refractivity contribution in [3.05, 3.63) is 71.3 Å². The minimum Gasteiger partial charge on any atom is -0.335 e. The van der Waals surface area contributed by atoms with E-state index in [1.54, 1.807) is 39.8 Å². The van der Waals surface area contributed by atoms with Crippen LogP contribution in [0.3, 0.4) is 0 Å². The van der Waals surface area contributed by atoms with E-state index in [4.69, 9.17) is 12.2 Å². The van der Waals surface area contributed by atoms with Crippen LogP contribution in [0.5, 0.6) is 0 Å². The molecule has 2 aromatic carbocycles. The molecule has 4 rings (SSSR count). The Morgan fingerprint density at radius 1 is 0.814 bits per heavy atom. The second-order valence-corrected chi connectivity index (χ2v) is 13.6. The lowest BCUT2D eigenvalue weighted by Gasteiger charge is -2.36. The Hall–Kier alpha value is -2.99.